The Labute approximate surface area is 272 Å². The number of hydrogen-bond donors (Lipinski definition) is 1. The summed E-state index contributed by atoms with van der Waals surface area (Å²) in [5, 5.41) is -0.397. The number of halogens is 12. The van der Waals surface area contributed by atoms with E-state index in [0.29, 0.717) is 5.56 Å². The zero-order chi connectivity index (χ0) is 27.8. The maximum absolute atomic E-state index is 12.3. The largest absolute Gasteiger partial charge is 0.294 e. The quantitative estimate of drug-likeness (QED) is 0.229. The first kappa shape index (κ1) is 29.2. The lowest BCUT2D eigenvalue weighted by molar-refractivity contribution is 0.201. The van der Waals surface area contributed by atoms with Crippen molar-refractivity contribution in [3.63, 3.8) is 0 Å². The number of fused-ring (bicyclic) bond motifs is 14. The fourth-order valence-corrected chi connectivity index (χ4v) is 14.1. The van der Waals surface area contributed by atoms with E-state index in [1.54, 1.807) is 0 Å². The Morgan fingerprint density at radius 1 is 0.649 bits per heavy atom. The topological polar surface area (TPSA) is 54.4 Å². The van der Waals surface area contributed by atoms with Gasteiger partial charge >= 0.3 is 0 Å². The van der Waals surface area contributed by atoms with Gasteiger partial charge in [0.15, 0.2) is 8.67 Å². The molecule has 0 radical (unpaired) electrons. The molecular weight excluding hydrogens is 758 g/mol. The molecule has 4 bridgehead atoms. The summed E-state index contributed by atoms with van der Waals surface area (Å²) in [4.78, 5) is -7.71. The smallest absolute Gasteiger partial charge is 0.282 e. The minimum atomic E-state index is -4.68. The molecule has 5 aliphatic rings. The van der Waals surface area contributed by atoms with Crippen LogP contribution in [0.1, 0.15) is 28.5 Å². The first-order valence-corrected chi connectivity index (χ1v) is 16.4. The van der Waals surface area contributed by atoms with Crippen LogP contribution in [0.15, 0.2) is 37.2 Å². The molecule has 8 atom stereocenters. The van der Waals surface area contributed by atoms with Gasteiger partial charge in [-0.3, -0.25) is 4.55 Å². The summed E-state index contributed by atoms with van der Waals surface area (Å²) in [6.45, 7) is 1.49. The molecule has 1 N–H and O–H groups in total. The van der Waals surface area contributed by atoms with E-state index in [-0.39, 0.29) is 36.2 Å². The van der Waals surface area contributed by atoms with Gasteiger partial charge in [-0.05, 0) is 29.7 Å². The Bertz CT molecular complexity index is 1520. The summed E-state index contributed by atoms with van der Waals surface area (Å²) in [5.74, 6) is -3.81. The zero-order valence-electron chi connectivity index (χ0n) is 17.7. The number of allylic oxidation sites excluding steroid dienone is 4. The van der Waals surface area contributed by atoms with Gasteiger partial charge in [-0.25, -0.2) is 0 Å². The van der Waals surface area contributed by atoms with E-state index in [1.165, 1.54) is 19.1 Å². The molecule has 37 heavy (non-hydrogen) atoms. The molecule has 1 aromatic rings. The van der Waals surface area contributed by atoms with Crippen molar-refractivity contribution in [2.45, 2.75) is 51.8 Å². The predicted molar refractivity (Wildman–Crippen MR) is 154 cm³/mol. The van der Waals surface area contributed by atoms with Crippen LogP contribution in [-0.2, 0) is 10.1 Å². The first-order valence-electron chi connectivity index (χ1n) is 10.4. The molecule has 2 fully saturated rings. The maximum Gasteiger partial charge on any atom is 0.294 e. The average Bonchev–Trinajstić information content (AvgIpc) is 3.12. The number of rotatable bonds is 1. The Balaban J connectivity index is 1.82. The fraction of sp³-hybridized carbons (Fsp3) is 0.524. The molecule has 0 spiro atoms. The lowest BCUT2D eigenvalue weighted by Gasteiger charge is -2.52. The van der Waals surface area contributed by atoms with Gasteiger partial charge in [0.2, 0.25) is 0 Å². The van der Waals surface area contributed by atoms with Crippen LogP contribution in [-0.4, -0.2) is 41.1 Å². The summed E-state index contributed by atoms with van der Waals surface area (Å²) in [6, 6.07) is 2.78. The SMILES string of the molecule is Cc1cc2c(cc1S(=O)(=O)O)[C@H]1[C@H]([C@@H]3[C@@H]2[C@]2(Cl)C(Cl)=C(Cl)[C@]3(Cl)C2(Cl)Cl)[C@]2(Cl)C(Cl)=C(Cl)[C@]1(Cl)C2(Cl)Cl. The normalized spacial score (nSPS) is 46.4. The number of benzene rings is 1. The minimum Gasteiger partial charge on any atom is -0.282 e. The van der Waals surface area contributed by atoms with Crippen molar-refractivity contribution >= 4 is 149 Å². The maximum atomic E-state index is 12.3. The van der Waals surface area contributed by atoms with E-state index >= 15 is 0 Å². The van der Waals surface area contributed by atoms with E-state index in [4.69, 9.17) is 139 Å². The first-order chi connectivity index (χ1) is 16.6. The van der Waals surface area contributed by atoms with E-state index < -0.39 is 62.0 Å². The van der Waals surface area contributed by atoms with Gasteiger partial charge in [0.05, 0.1) is 25.0 Å². The van der Waals surface area contributed by atoms with Crippen LogP contribution in [0.4, 0.5) is 0 Å². The molecule has 16 heteroatoms. The van der Waals surface area contributed by atoms with Gasteiger partial charge in [0.25, 0.3) is 10.1 Å². The van der Waals surface area contributed by atoms with Gasteiger partial charge in [-0.2, -0.15) is 8.42 Å². The van der Waals surface area contributed by atoms with Gasteiger partial charge < -0.3 is 0 Å². The molecule has 202 valence electrons. The van der Waals surface area contributed by atoms with Crippen molar-refractivity contribution in [1.82, 2.24) is 0 Å². The Morgan fingerprint density at radius 2 is 0.973 bits per heavy atom. The molecule has 0 heterocycles. The van der Waals surface area contributed by atoms with Crippen molar-refractivity contribution in [3.8, 4) is 0 Å². The van der Waals surface area contributed by atoms with E-state index in [1.807, 2.05) is 0 Å². The van der Waals surface area contributed by atoms with Crippen molar-refractivity contribution in [3.05, 3.63) is 49.0 Å². The highest BCUT2D eigenvalue weighted by atomic mass is 35.5. The molecule has 0 aromatic heterocycles. The second-order valence-electron chi connectivity index (χ2n) is 9.98. The third kappa shape index (κ3) is 2.68. The van der Waals surface area contributed by atoms with Gasteiger partial charge in [-0.1, -0.05) is 98.9 Å². The molecule has 6 rings (SSSR count). The second kappa shape index (κ2) is 7.78. The Morgan fingerprint density at radius 3 is 1.32 bits per heavy atom. The zero-order valence-corrected chi connectivity index (χ0v) is 27.6. The molecule has 5 aliphatic carbocycles. The predicted octanol–water partition coefficient (Wildman–Crippen LogP) is 9.35. The summed E-state index contributed by atoms with van der Waals surface area (Å²) in [5.41, 5.74) is 0.924. The van der Waals surface area contributed by atoms with Crippen molar-refractivity contribution in [1.29, 1.82) is 0 Å². The van der Waals surface area contributed by atoms with E-state index in [2.05, 4.69) is 0 Å². The molecule has 0 unspecified atom stereocenters. The van der Waals surface area contributed by atoms with Crippen LogP contribution in [0.25, 0.3) is 0 Å². The highest BCUT2D eigenvalue weighted by molar-refractivity contribution is 7.85. The molecular formula is C21H10Cl12O3S. The van der Waals surface area contributed by atoms with Crippen LogP contribution in [0.3, 0.4) is 0 Å². The van der Waals surface area contributed by atoms with Crippen molar-refractivity contribution < 1.29 is 13.0 Å². The highest BCUT2D eigenvalue weighted by Crippen LogP contribution is 2.88. The van der Waals surface area contributed by atoms with Crippen LogP contribution < -0.4 is 0 Å². The van der Waals surface area contributed by atoms with Crippen molar-refractivity contribution in [2.24, 2.45) is 11.8 Å². The molecule has 2 saturated carbocycles. The van der Waals surface area contributed by atoms with Crippen LogP contribution in [0.5, 0.6) is 0 Å². The molecule has 0 aliphatic heterocycles. The highest BCUT2D eigenvalue weighted by Gasteiger charge is 2.91. The molecule has 3 nitrogen and oxygen atoms in total. The summed E-state index contributed by atoms with van der Waals surface area (Å²) >= 11 is 83.3. The van der Waals surface area contributed by atoms with Crippen molar-refractivity contribution in [2.75, 3.05) is 0 Å². The monoisotopic (exact) mass is 762 g/mol. The molecule has 0 saturated heterocycles. The Hall–Kier alpha value is 2.09. The lowest BCUT2D eigenvalue weighted by atomic mass is 9.57. The van der Waals surface area contributed by atoms with Crippen LogP contribution in [0.2, 0.25) is 0 Å². The third-order valence-electron chi connectivity index (χ3n) is 8.70. The average molecular weight is 768 g/mol. The standard InChI is InChI=1S/C21H10Cl12O3S/c1-4-2-5-6(3-7(4)37(34,35)36)9-11(19(29)15(25)13(23)17(9,27)21(19,32)33)10-8(5)16(26)12(22)14(24)18(10,28)20(16,30)31/h2-3,8-11H,1H3,(H,34,35,36)/t8-,9+,10+,11-,16+,17+,18+,19+/m1/s1. The minimum absolute atomic E-state index is 0.0759. The van der Waals surface area contributed by atoms with Gasteiger partial charge in [0.1, 0.15) is 19.5 Å². The number of alkyl halides is 8. The van der Waals surface area contributed by atoms with Gasteiger partial charge in [0, 0.05) is 23.7 Å². The van der Waals surface area contributed by atoms with E-state index in [9.17, 15) is 13.0 Å². The second-order valence-corrected chi connectivity index (χ2v) is 17.9. The van der Waals surface area contributed by atoms with E-state index in [0.717, 1.165) is 0 Å². The lowest BCUT2D eigenvalue weighted by Crippen LogP contribution is -2.53. The molecule has 1 aromatic carbocycles. The molecule has 0 amide bonds. The fourth-order valence-electron chi connectivity index (χ4n) is 7.32. The summed E-state index contributed by atoms with van der Waals surface area (Å²) < 4.78 is 30.5. The summed E-state index contributed by atoms with van der Waals surface area (Å²) in [6.07, 6.45) is 0. The summed E-state index contributed by atoms with van der Waals surface area (Å²) in [7, 11) is -4.68. The third-order valence-corrected chi connectivity index (χ3v) is 18.2. The van der Waals surface area contributed by atoms with Crippen LogP contribution >= 0.6 is 139 Å². The van der Waals surface area contributed by atoms with Gasteiger partial charge in [-0.15, -0.1) is 46.4 Å². The number of hydrogen-bond acceptors (Lipinski definition) is 2. The number of aryl methyl sites for hydroxylation is 1. The Kier molecular flexibility index (Phi) is 6.13. The van der Waals surface area contributed by atoms with Crippen LogP contribution in [0, 0.1) is 18.8 Å².